The van der Waals surface area contributed by atoms with Gasteiger partial charge >= 0.3 is 0 Å². The van der Waals surface area contributed by atoms with Gasteiger partial charge in [0.05, 0.1) is 13.2 Å². The van der Waals surface area contributed by atoms with E-state index < -0.39 is 0 Å². The molecule has 0 rings (SSSR count). The molecule has 0 aliphatic carbocycles. The molecule has 1 unspecified atom stereocenters. The Kier molecular flexibility index (Phi) is 8.81. The van der Waals surface area contributed by atoms with Crippen molar-refractivity contribution in [2.75, 3.05) is 32.3 Å². The second-order valence-corrected chi connectivity index (χ2v) is 3.85. The molecular formula is C8H20N4OS. The molecule has 0 saturated carbocycles. The van der Waals surface area contributed by atoms with E-state index in [0.29, 0.717) is 12.6 Å². The molecule has 0 amide bonds. The molecule has 6 heteroatoms. The van der Waals surface area contributed by atoms with Gasteiger partial charge in [-0.15, -0.1) is 0 Å². The fourth-order valence-electron chi connectivity index (χ4n) is 0.907. The zero-order valence-electron chi connectivity index (χ0n) is 9.04. The normalized spacial score (nSPS) is 13.9. The van der Waals surface area contributed by atoms with E-state index in [2.05, 4.69) is 15.7 Å². The maximum atomic E-state index is 5.31. The van der Waals surface area contributed by atoms with Crippen LogP contribution in [0.4, 0.5) is 0 Å². The van der Waals surface area contributed by atoms with E-state index in [1.165, 1.54) is 0 Å². The lowest BCUT2D eigenvalue weighted by atomic mass is 10.4. The van der Waals surface area contributed by atoms with Crippen molar-refractivity contribution in [1.82, 2.24) is 10.7 Å². The second kappa shape index (κ2) is 9.11. The van der Waals surface area contributed by atoms with Crippen molar-refractivity contribution < 1.29 is 4.74 Å². The quantitative estimate of drug-likeness (QED) is 0.190. The first-order chi connectivity index (χ1) is 6.74. The van der Waals surface area contributed by atoms with Crippen LogP contribution >= 0.6 is 11.8 Å². The highest BCUT2D eigenvalue weighted by Gasteiger charge is 2.02. The van der Waals surface area contributed by atoms with E-state index in [-0.39, 0.29) is 6.04 Å². The lowest BCUT2D eigenvalue weighted by Gasteiger charge is -2.15. The fourth-order valence-corrected chi connectivity index (χ4v) is 1.18. The highest BCUT2D eigenvalue weighted by molar-refractivity contribution is 7.98. The number of ether oxygens (including phenoxy) is 1. The molecule has 0 spiro atoms. The number of aliphatic imine (C=N–C) groups is 1. The minimum absolute atomic E-state index is 0.198. The Balaban J connectivity index is 3.81. The number of methoxy groups -OCH3 is 1. The number of nitrogens with zero attached hydrogens (tertiary/aromatic N) is 1. The van der Waals surface area contributed by atoms with Gasteiger partial charge in [-0.25, -0.2) is 5.84 Å². The molecule has 0 aliphatic heterocycles. The molecule has 0 radical (unpaired) electrons. The van der Waals surface area contributed by atoms with Gasteiger partial charge in [0.15, 0.2) is 0 Å². The largest absolute Gasteiger partial charge is 0.383 e. The van der Waals surface area contributed by atoms with Crippen molar-refractivity contribution in [3.05, 3.63) is 0 Å². The number of rotatable bonds is 6. The van der Waals surface area contributed by atoms with Crippen molar-refractivity contribution in [3.63, 3.8) is 0 Å². The number of hydrogen-bond donors (Lipinski definition) is 3. The Hall–Kier alpha value is -0.460. The van der Waals surface area contributed by atoms with E-state index in [1.807, 2.05) is 13.2 Å². The van der Waals surface area contributed by atoms with Gasteiger partial charge < -0.3 is 10.1 Å². The molecule has 0 bridgehead atoms. The average Bonchev–Trinajstić information content (AvgIpc) is 2.17. The van der Waals surface area contributed by atoms with Crippen molar-refractivity contribution in [3.8, 4) is 0 Å². The molecule has 0 aromatic heterocycles. The molecule has 14 heavy (non-hydrogen) atoms. The second-order valence-electron chi connectivity index (χ2n) is 2.87. The number of thioether (sulfide) groups is 1. The van der Waals surface area contributed by atoms with Crippen molar-refractivity contribution >= 4 is 17.7 Å². The first kappa shape index (κ1) is 13.5. The summed E-state index contributed by atoms with van der Waals surface area (Å²) >= 11 is 1.76. The van der Waals surface area contributed by atoms with Crippen LogP contribution in [0, 0.1) is 0 Å². The third-order valence-electron chi connectivity index (χ3n) is 1.50. The van der Waals surface area contributed by atoms with Crippen LogP contribution in [-0.4, -0.2) is 44.3 Å². The highest BCUT2D eigenvalue weighted by atomic mass is 32.2. The molecule has 84 valence electrons. The predicted molar refractivity (Wildman–Crippen MR) is 62.5 cm³/mol. The van der Waals surface area contributed by atoms with Gasteiger partial charge in [-0.2, -0.15) is 11.8 Å². The van der Waals surface area contributed by atoms with E-state index in [0.717, 1.165) is 12.3 Å². The highest BCUT2D eigenvalue weighted by Crippen LogP contribution is 1.90. The van der Waals surface area contributed by atoms with E-state index in [4.69, 9.17) is 10.6 Å². The maximum absolute atomic E-state index is 5.31. The van der Waals surface area contributed by atoms with Crippen LogP contribution in [0.3, 0.4) is 0 Å². The molecule has 5 nitrogen and oxygen atoms in total. The van der Waals surface area contributed by atoms with Crippen LogP contribution in [0.1, 0.15) is 6.92 Å². The molecule has 0 fully saturated rings. The lowest BCUT2D eigenvalue weighted by Crippen LogP contribution is -2.47. The first-order valence-corrected chi connectivity index (χ1v) is 5.89. The Bertz CT molecular complexity index is 165. The number of hydrogen-bond acceptors (Lipinski definition) is 4. The van der Waals surface area contributed by atoms with Gasteiger partial charge in [-0.05, 0) is 13.2 Å². The Morgan fingerprint density at radius 3 is 2.86 bits per heavy atom. The Labute approximate surface area is 89.8 Å². The minimum Gasteiger partial charge on any atom is -0.383 e. The van der Waals surface area contributed by atoms with Crippen LogP contribution in [0.15, 0.2) is 4.99 Å². The van der Waals surface area contributed by atoms with Crippen molar-refractivity contribution in [1.29, 1.82) is 0 Å². The maximum Gasteiger partial charge on any atom is 0.206 e. The van der Waals surface area contributed by atoms with Gasteiger partial charge in [-0.1, -0.05) is 0 Å². The summed E-state index contributed by atoms with van der Waals surface area (Å²) in [6.45, 7) is 3.39. The smallest absolute Gasteiger partial charge is 0.206 e. The van der Waals surface area contributed by atoms with Gasteiger partial charge in [0.1, 0.15) is 0 Å². The summed E-state index contributed by atoms with van der Waals surface area (Å²) in [5.74, 6) is 6.91. The molecule has 0 saturated heterocycles. The summed E-state index contributed by atoms with van der Waals surface area (Å²) in [7, 11) is 1.67. The number of guanidine groups is 1. The van der Waals surface area contributed by atoms with E-state index >= 15 is 0 Å². The topological polar surface area (TPSA) is 71.7 Å². The van der Waals surface area contributed by atoms with Crippen LogP contribution in [0.2, 0.25) is 0 Å². The summed E-state index contributed by atoms with van der Waals surface area (Å²) in [6.07, 6.45) is 2.05. The van der Waals surface area contributed by atoms with Crippen LogP contribution in [0.25, 0.3) is 0 Å². The van der Waals surface area contributed by atoms with E-state index in [9.17, 15) is 0 Å². The van der Waals surface area contributed by atoms with Crippen molar-refractivity contribution in [2.24, 2.45) is 10.8 Å². The average molecular weight is 220 g/mol. The first-order valence-electron chi connectivity index (χ1n) is 4.50. The third kappa shape index (κ3) is 6.99. The van der Waals surface area contributed by atoms with Gasteiger partial charge in [0, 0.05) is 18.9 Å². The fraction of sp³-hybridized carbons (Fsp3) is 0.875. The zero-order valence-corrected chi connectivity index (χ0v) is 9.86. The van der Waals surface area contributed by atoms with Crippen LogP contribution in [-0.2, 0) is 4.74 Å². The number of hydrazine groups is 1. The van der Waals surface area contributed by atoms with Crippen LogP contribution in [0.5, 0.6) is 0 Å². The van der Waals surface area contributed by atoms with Crippen molar-refractivity contribution in [2.45, 2.75) is 13.0 Å². The third-order valence-corrected chi connectivity index (χ3v) is 2.09. The predicted octanol–water partition coefficient (Wildman–Crippen LogP) is -0.207. The molecule has 4 N–H and O–H groups in total. The summed E-state index contributed by atoms with van der Waals surface area (Å²) < 4.78 is 4.98. The number of nitrogens with two attached hydrogens (primary N) is 1. The summed E-state index contributed by atoms with van der Waals surface area (Å²) in [6, 6.07) is 0.198. The minimum atomic E-state index is 0.198. The van der Waals surface area contributed by atoms with Gasteiger partial charge in [0.2, 0.25) is 5.96 Å². The SMILES string of the molecule is COCC(C)NC(=NCCSC)NN. The van der Waals surface area contributed by atoms with Gasteiger partial charge in [0.25, 0.3) is 0 Å². The molecular weight excluding hydrogens is 200 g/mol. The molecule has 1 atom stereocenters. The number of nitrogens with one attached hydrogen (secondary N) is 2. The van der Waals surface area contributed by atoms with Crippen LogP contribution < -0.4 is 16.6 Å². The Morgan fingerprint density at radius 2 is 2.36 bits per heavy atom. The molecule has 0 aromatic rings. The summed E-state index contributed by atoms with van der Waals surface area (Å²) in [5, 5.41) is 3.11. The summed E-state index contributed by atoms with van der Waals surface area (Å²) in [5.41, 5.74) is 2.52. The van der Waals surface area contributed by atoms with Gasteiger partial charge in [-0.3, -0.25) is 10.4 Å². The monoisotopic (exact) mass is 220 g/mol. The standard InChI is InChI=1S/C8H20N4OS/c1-7(6-13-2)11-8(12-9)10-4-5-14-3/h7H,4-6,9H2,1-3H3,(H2,10,11,12). The molecule has 0 aliphatic rings. The molecule has 0 aromatic carbocycles. The molecule has 0 heterocycles. The lowest BCUT2D eigenvalue weighted by molar-refractivity contribution is 0.179. The van der Waals surface area contributed by atoms with E-state index in [1.54, 1.807) is 18.9 Å². The summed E-state index contributed by atoms with van der Waals surface area (Å²) in [4.78, 5) is 4.25. The Morgan fingerprint density at radius 1 is 1.64 bits per heavy atom. The zero-order chi connectivity index (χ0) is 10.8.